The van der Waals surface area contributed by atoms with Gasteiger partial charge in [0.2, 0.25) is 0 Å². The highest BCUT2D eigenvalue weighted by Crippen LogP contribution is 2.20. The van der Waals surface area contributed by atoms with Crippen LogP contribution < -0.4 is 15.4 Å². The van der Waals surface area contributed by atoms with Crippen molar-refractivity contribution < 1.29 is 9.53 Å². The Morgan fingerprint density at radius 3 is 2.26 bits per heavy atom. The highest BCUT2D eigenvalue weighted by atomic mass is 16.5. The van der Waals surface area contributed by atoms with Crippen LogP contribution in [0.2, 0.25) is 0 Å². The second-order valence-corrected chi connectivity index (χ2v) is 6.30. The summed E-state index contributed by atoms with van der Waals surface area (Å²) in [5.74, 6) is 0.465. The molecule has 1 amide bonds. The Labute approximate surface area is 159 Å². The number of ether oxygens (including phenoxy) is 1. The van der Waals surface area contributed by atoms with Crippen molar-refractivity contribution in [3.05, 3.63) is 96.6 Å². The Balaban J connectivity index is 1.62. The third kappa shape index (κ3) is 5.47. The predicted molar refractivity (Wildman–Crippen MR) is 111 cm³/mol. The zero-order valence-electron chi connectivity index (χ0n) is 15.2. The third-order valence-corrected chi connectivity index (χ3v) is 3.79. The molecule has 3 aromatic rings. The molecule has 0 aliphatic heterocycles. The molecule has 0 radical (unpaired) electrons. The molecular formula is C23H22N2O2. The van der Waals surface area contributed by atoms with Crippen molar-refractivity contribution in [3.63, 3.8) is 0 Å². The molecule has 0 saturated carbocycles. The lowest BCUT2D eigenvalue weighted by molar-refractivity contribution is 0.102. The van der Waals surface area contributed by atoms with Crippen molar-refractivity contribution in [3.8, 4) is 5.75 Å². The van der Waals surface area contributed by atoms with Gasteiger partial charge in [-0.05, 0) is 67.1 Å². The molecule has 3 aromatic carbocycles. The van der Waals surface area contributed by atoms with Gasteiger partial charge in [0, 0.05) is 22.6 Å². The van der Waals surface area contributed by atoms with Crippen molar-refractivity contribution in [2.45, 2.75) is 6.92 Å². The molecule has 0 aliphatic rings. The summed E-state index contributed by atoms with van der Waals surface area (Å²) in [5, 5.41) is 6.21. The van der Waals surface area contributed by atoms with Crippen LogP contribution in [0, 0.1) is 0 Å². The maximum absolute atomic E-state index is 12.5. The molecule has 27 heavy (non-hydrogen) atoms. The Kier molecular flexibility index (Phi) is 5.90. The van der Waals surface area contributed by atoms with Crippen LogP contribution in [0.15, 0.2) is 91.0 Å². The maximum Gasteiger partial charge on any atom is 0.255 e. The van der Waals surface area contributed by atoms with E-state index < -0.39 is 0 Å². The fourth-order valence-corrected chi connectivity index (χ4v) is 2.46. The van der Waals surface area contributed by atoms with Crippen LogP contribution in [0.25, 0.3) is 0 Å². The summed E-state index contributed by atoms with van der Waals surface area (Å²) in [6, 6.07) is 24.6. The number of nitrogens with one attached hydrogen (secondary N) is 2. The zero-order chi connectivity index (χ0) is 19.1. The topological polar surface area (TPSA) is 50.4 Å². The number of benzene rings is 3. The van der Waals surface area contributed by atoms with Gasteiger partial charge in [-0.25, -0.2) is 0 Å². The minimum absolute atomic E-state index is 0.181. The highest BCUT2D eigenvalue weighted by molar-refractivity contribution is 6.04. The van der Waals surface area contributed by atoms with E-state index in [-0.39, 0.29) is 5.91 Å². The summed E-state index contributed by atoms with van der Waals surface area (Å²) in [4.78, 5) is 12.5. The molecule has 0 aromatic heterocycles. The molecule has 4 nitrogen and oxygen atoms in total. The number of hydrogen-bond donors (Lipinski definition) is 2. The summed E-state index contributed by atoms with van der Waals surface area (Å²) in [6.07, 6.45) is 0. The molecule has 0 fully saturated rings. The zero-order valence-corrected chi connectivity index (χ0v) is 15.2. The highest BCUT2D eigenvalue weighted by Gasteiger charge is 2.07. The molecule has 0 unspecified atom stereocenters. The first-order valence-corrected chi connectivity index (χ1v) is 8.71. The van der Waals surface area contributed by atoms with Gasteiger partial charge in [-0.2, -0.15) is 0 Å². The fraction of sp³-hybridized carbons (Fsp3) is 0.0870. The SMILES string of the molecule is C=C(C)COc1cccc(C(=O)Nc2ccc(Nc3ccccc3)cc2)c1. The summed E-state index contributed by atoms with van der Waals surface area (Å²) < 4.78 is 5.59. The lowest BCUT2D eigenvalue weighted by Crippen LogP contribution is -2.12. The quantitative estimate of drug-likeness (QED) is 0.538. The number of rotatable bonds is 7. The summed E-state index contributed by atoms with van der Waals surface area (Å²) >= 11 is 0. The van der Waals surface area contributed by atoms with E-state index in [0.717, 1.165) is 22.6 Å². The number of amides is 1. The number of carbonyl (C=O) groups is 1. The molecule has 3 rings (SSSR count). The van der Waals surface area contributed by atoms with Crippen LogP contribution >= 0.6 is 0 Å². The van der Waals surface area contributed by atoms with Crippen LogP contribution in [-0.4, -0.2) is 12.5 Å². The smallest absolute Gasteiger partial charge is 0.255 e. The summed E-state index contributed by atoms with van der Waals surface area (Å²) in [7, 11) is 0. The van der Waals surface area contributed by atoms with Gasteiger partial charge in [-0.15, -0.1) is 0 Å². The van der Waals surface area contributed by atoms with E-state index in [1.54, 1.807) is 18.2 Å². The summed E-state index contributed by atoms with van der Waals surface area (Å²) in [5.41, 5.74) is 4.16. The van der Waals surface area contributed by atoms with Crippen LogP contribution in [0.4, 0.5) is 17.1 Å². The lowest BCUT2D eigenvalue weighted by atomic mass is 10.2. The normalized spacial score (nSPS) is 10.1. The second kappa shape index (κ2) is 8.72. The number of carbonyl (C=O) groups excluding carboxylic acids is 1. The van der Waals surface area contributed by atoms with Gasteiger partial charge in [-0.1, -0.05) is 30.8 Å². The molecular weight excluding hydrogens is 336 g/mol. The van der Waals surface area contributed by atoms with Gasteiger partial charge in [0.15, 0.2) is 0 Å². The van der Waals surface area contributed by atoms with Gasteiger partial charge in [0.25, 0.3) is 5.91 Å². The Bertz CT molecular complexity index is 919. The van der Waals surface area contributed by atoms with E-state index in [1.165, 1.54) is 0 Å². The minimum Gasteiger partial charge on any atom is -0.489 e. The molecule has 0 atom stereocenters. The van der Waals surface area contributed by atoms with Crippen molar-refractivity contribution in [1.82, 2.24) is 0 Å². The Morgan fingerprint density at radius 1 is 0.889 bits per heavy atom. The van der Waals surface area contributed by atoms with E-state index in [0.29, 0.717) is 17.9 Å². The predicted octanol–water partition coefficient (Wildman–Crippen LogP) is 5.64. The van der Waals surface area contributed by atoms with Gasteiger partial charge in [-0.3, -0.25) is 4.79 Å². The Morgan fingerprint density at radius 2 is 1.56 bits per heavy atom. The molecule has 0 aliphatic carbocycles. The van der Waals surface area contributed by atoms with E-state index >= 15 is 0 Å². The van der Waals surface area contributed by atoms with Crippen LogP contribution in [0.3, 0.4) is 0 Å². The van der Waals surface area contributed by atoms with Crippen LogP contribution in [0.1, 0.15) is 17.3 Å². The number of para-hydroxylation sites is 1. The minimum atomic E-state index is -0.181. The fourth-order valence-electron chi connectivity index (χ4n) is 2.46. The summed E-state index contributed by atoms with van der Waals surface area (Å²) in [6.45, 7) is 6.13. The van der Waals surface area contributed by atoms with Gasteiger partial charge in [0.1, 0.15) is 12.4 Å². The first-order valence-electron chi connectivity index (χ1n) is 8.71. The Hall–Kier alpha value is -3.53. The molecule has 0 spiro atoms. The molecule has 4 heteroatoms. The van der Waals surface area contributed by atoms with E-state index in [9.17, 15) is 4.79 Å². The van der Waals surface area contributed by atoms with Crippen LogP contribution in [0.5, 0.6) is 5.75 Å². The van der Waals surface area contributed by atoms with Gasteiger partial charge < -0.3 is 15.4 Å². The lowest BCUT2D eigenvalue weighted by Gasteiger charge is -2.10. The first-order chi connectivity index (χ1) is 13.1. The molecule has 0 bridgehead atoms. The number of hydrogen-bond acceptors (Lipinski definition) is 3. The third-order valence-electron chi connectivity index (χ3n) is 3.79. The average Bonchev–Trinajstić information content (AvgIpc) is 2.69. The van der Waals surface area contributed by atoms with E-state index in [1.807, 2.05) is 67.6 Å². The number of anilines is 3. The van der Waals surface area contributed by atoms with Crippen molar-refractivity contribution in [2.75, 3.05) is 17.2 Å². The van der Waals surface area contributed by atoms with Crippen molar-refractivity contribution >= 4 is 23.0 Å². The largest absolute Gasteiger partial charge is 0.489 e. The van der Waals surface area contributed by atoms with E-state index in [4.69, 9.17) is 4.74 Å². The second-order valence-electron chi connectivity index (χ2n) is 6.30. The maximum atomic E-state index is 12.5. The molecule has 136 valence electrons. The van der Waals surface area contributed by atoms with Crippen LogP contribution in [-0.2, 0) is 0 Å². The van der Waals surface area contributed by atoms with E-state index in [2.05, 4.69) is 17.2 Å². The molecule has 0 heterocycles. The van der Waals surface area contributed by atoms with Gasteiger partial charge in [0.05, 0.1) is 0 Å². The van der Waals surface area contributed by atoms with Gasteiger partial charge >= 0.3 is 0 Å². The van der Waals surface area contributed by atoms with Crippen molar-refractivity contribution in [2.24, 2.45) is 0 Å². The molecule has 2 N–H and O–H groups in total. The molecule has 0 saturated heterocycles. The first kappa shape index (κ1) is 18.3. The monoisotopic (exact) mass is 358 g/mol. The standard InChI is InChI=1S/C23H22N2O2/c1-17(2)16-27-22-10-6-7-18(15-22)23(26)25-21-13-11-20(12-14-21)24-19-8-4-3-5-9-19/h3-15,24H,1,16H2,2H3,(H,25,26). The van der Waals surface area contributed by atoms with Crippen molar-refractivity contribution in [1.29, 1.82) is 0 Å². The average molecular weight is 358 g/mol.